The summed E-state index contributed by atoms with van der Waals surface area (Å²) in [6.45, 7) is 6.68. The van der Waals surface area contributed by atoms with Crippen LogP contribution >= 0.6 is 15.9 Å². The van der Waals surface area contributed by atoms with Crippen LogP contribution in [0.2, 0.25) is 0 Å². The molecule has 84 valence electrons. The molecule has 1 aromatic rings. The fourth-order valence-electron chi connectivity index (χ4n) is 1.86. The molecule has 1 N–H and O–H groups in total. The van der Waals surface area contributed by atoms with Crippen molar-refractivity contribution in [3.8, 4) is 0 Å². The molecule has 1 rings (SSSR count). The molecule has 1 aromatic carbocycles. The smallest absolute Gasteiger partial charge is 0.0305 e. The van der Waals surface area contributed by atoms with Gasteiger partial charge < -0.3 is 5.32 Å². The molecule has 0 bridgehead atoms. The van der Waals surface area contributed by atoms with Gasteiger partial charge in [-0.15, -0.1) is 0 Å². The van der Waals surface area contributed by atoms with E-state index in [1.54, 1.807) is 0 Å². The zero-order valence-corrected chi connectivity index (χ0v) is 11.3. The molecule has 0 radical (unpaired) electrons. The van der Waals surface area contributed by atoms with E-state index in [4.69, 9.17) is 0 Å². The Hall–Kier alpha value is -0.340. The van der Waals surface area contributed by atoms with Gasteiger partial charge in [-0.25, -0.2) is 0 Å². The summed E-state index contributed by atoms with van der Waals surface area (Å²) in [6.07, 6.45) is 2.46. The van der Waals surface area contributed by atoms with E-state index in [1.165, 1.54) is 22.9 Å². The Morgan fingerprint density at radius 1 is 1.27 bits per heavy atom. The molecule has 0 amide bonds. The number of hydrogen-bond donors (Lipinski definition) is 1. The maximum Gasteiger partial charge on any atom is 0.0305 e. The predicted molar refractivity (Wildman–Crippen MR) is 70.1 cm³/mol. The third kappa shape index (κ3) is 3.96. The quantitative estimate of drug-likeness (QED) is 0.841. The van der Waals surface area contributed by atoms with E-state index < -0.39 is 0 Å². The third-order valence-electron chi connectivity index (χ3n) is 2.63. The molecule has 0 spiro atoms. The second-order valence-corrected chi connectivity index (χ2v) is 4.95. The van der Waals surface area contributed by atoms with Crippen molar-refractivity contribution in [2.24, 2.45) is 0 Å². The first kappa shape index (κ1) is 12.7. The van der Waals surface area contributed by atoms with Crippen molar-refractivity contribution in [3.05, 3.63) is 34.3 Å². The van der Waals surface area contributed by atoms with Gasteiger partial charge in [0.1, 0.15) is 0 Å². The summed E-state index contributed by atoms with van der Waals surface area (Å²) in [5.74, 6) is 0. The Labute approximate surface area is 101 Å². The van der Waals surface area contributed by atoms with E-state index in [0.29, 0.717) is 12.1 Å². The van der Waals surface area contributed by atoms with E-state index >= 15 is 0 Å². The van der Waals surface area contributed by atoms with Crippen molar-refractivity contribution in [2.75, 3.05) is 0 Å². The molecule has 0 aliphatic rings. The van der Waals surface area contributed by atoms with Crippen LogP contribution in [0, 0.1) is 0 Å². The van der Waals surface area contributed by atoms with E-state index in [-0.39, 0.29) is 0 Å². The minimum Gasteiger partial charge on any atom is -0.308 e. The first-order valence-electron chi connectivity index (χ1n) is 5.65. The van der Waals surface area contributed by atoms with Gasteiger partial charge in [-0.3, -0.25) is 0 Å². The highest BCUT2D eigenvalue weighted by Crippen LogP contribution is 2.23. The first-order chi connectivity index (χ1) is 7.15. The van der Waals surface area contributed by atoms with Gasteiger partial charge >= 0.3 is 0 Å². The topological polar surface area (TPSA) is 12.0 Å². The number of rotatable bonds is 5. The summed E-state index contributed by atoms with van der Waals surface area (Å²) in [6, 6.07) is 9.39. The normalized spacial score (nSPS) is 14.9. The van der Waals surface area contributed by atoms with E-state index in [0.717, 1.165) is 0 Å². The molecular formula is C13H20BrN. The van der Waals surface area contributed by atoms with Crippen molar-refractivity contribution in [2.45, 2.75) is 45.7 Å². The SMILES string of the molecule is CCCC(C)N[C@@H](C)c1ccccc1Br. The van der Waals surface area contributed by atoms with Gasteiger partial charge in [-0.05, 0) is 31.9 Å². The number of benzene rings is 1. The first-order valence-corrected chi connectivity index (χ1v) is 6.45. The average Bonchev–Trinajstić information content (AvgIpc) is 2.18. The minimum atomic E-state index is 0.405. The summed E-state index contributed by atoms with van der Waals surface area (Å²) in [5.41, 5.74) is 1.33. The van der Waals surface area contributed by atoms with Gasteiger partial charge in [-0.1, -0.05) is 47.5 Å². The summed E-state index contributed by atoms with van der Waals surface area (Å²) in [5, 5.41) is 3.61. The Morgan fingerprint density at radius 3 is 2.53 bits per heavy atom. The fourth-order valence-corrected chi connectivity index (χ4v) is 2.49. The lowest BCUT2D eigenvalue weighted by atomic mass is 10.1. The van der Waals surface area contributed by atoms with Crippen LogP contribution in [0.3, 0.4) is 0 Å². The van der Waals surface area contributed by atoms with Crippen molar-refractivity contribution in [1.29, 1.82) is 0 Å². The highest BCUT2D eigenvalue weighted by molar-refractivity contribution is 9.10. The summed E-state index contributed by atoms with van der Waals surface area (Å²) >= 11 is 3.59. The predicted octanol–water partition coefficient (Wildman–Crippen LogP) is 4.29. The summed E-state index contributed by atoms with van der Waals surface area (Å²) in [7, 11) is 0. The van der Waals surface area contributed by atoms with Crippen molar-refractivity contribution >= 4 is 15.9 Å². The van der Waals surface area contributed by atoms with Gasteiger partial charge in [0.05, 0.1) is 0 Å². The molecule has 1 unspecified atom stereocenters. The lowest BCUT2D eigenvalue weighted by molar-refractivity contribution is 0.452. The molecule has 0 saturated heterocycles. The maximum atomic E-state index is 3.61. The Kier molecular flexibility index (Phi) is 5.34. The van der Waals surface area contributed by atoms with Crippen molar-refractivity contribution in [3.63, 3.8) is 0 Å². The number of nitrogens with one attached hydrogen (secondary N) is 1. The highest BCUT2D eigenvalue weighted by atomic mass is 79.9. The summed E-state index contributed by atoms with van der Waals surface area (Å²) in [4.78, 5) is 0. The Balaban J connectivity index is 2.61. The van der Waals surface area contributed by atoms with Gasteiger partial charge in [0.15, 0.2) is 0 Å². The number of halogens is 1. The number of hydrogen-bond acceptors (Lipinski definition) is 1. The Bertz CT molecular complexity index is 298. The molecule has 0 fully saturated rings. The second-order valence-electron chi connectivity index (χ2n) is 4.10. The monoisotopic (exact) mass is 269 g/mol. The van der Waals surface area contributed by atoms with Gasteiger partial charge in [0.25, 0.3) is 0 Å². The lowest BCUT2D eigenvalue weighted by Crippen LogP contribution is -2.28. The van der Waals surface area contributed by atoms with E-state index in [1.807, 2.05) is 0 Å². The van der Waals surface area contributed by atoms with E-state index in [9.17, 15) is 0 Å². The van der Waals surface area contributed by atoms with Crippen LogP contribution in [-0.4, -0.2) is 6.04 Å². The standard InChI is InChI=1S/C13H20BrN/c1-4-7-10(2)15-11(3)12-8-5-6-9-13(12)14/h5-6,8-11,15H,4,7H2,1-3H3/t10?,11-/m0/s1. The van der Waals surface area contributed by atoms with Crippen LogP contribution in [0.5, 0.6) is 0 Å². The van der Waals surface area contributed by atoms with Crippen LogP contribution in [0.1, 0.15) is 45.2 Å². The molecule has 0 heterocycles. The molecule has 0 saturated carbocycles. The molecular weight excluding hydrogens is 250 g/mol. The van der Waals surface area contributed by atoms with Crippen LogP contribution in [0.25, 0.3) is 0 Å². The van der Waals surface area contributed by atoms with Gasteiger partial charge in [0.2, 0.25) is 0 Å². The zero-order chi connectivity index (χ0) is 11.3. The zero-order valence-electron chi connectivity index (χ0n) is 9.76. The highest BCUT2D eigenvalue weighted by Gasteiger charge is 2.10. The van der Waals surface area contributed by atoms with Crippen molar-refractivity contribution in [1.82, 2.24) is 5.32 Å². The maximum absolute atomic E-state index is 3.61. The van der Waals surface area contributed by atoms with Crippen LogP contribution < -0.4 is 5.32 Å². The largest absolute Gasteiger partial charge is 0.308 e. The minimum absolute atomic E-state index is 0.405. The summed E-state index contributed by atoms with van der Waals surface area (Å²) < 4.78 is 1.19. The average molecular weight is 270 g/mol. The Morgan fingerprint density at radius 2 is 1.93 bits per heavy atom. The molecule has 2 heteroatoms. The van der Waals surface area contributed by atoms with Crippen molar-refractivity contribution < 1.29 is 0 Å². The van der Waals surface area contributed by atoms with E-state index in [2.05, 4.69) is 66.3 Å². The molecule has 0 aliphatic carbocycles. The second kappa shape index (κ2) is 6.29. The van der Waals surface area contributed by atoms with Gasteiger partial charge in [-0.2, -0.15) is 0 Å². The molecule has 0 aliphatic heterocycles. The van der Waals surface area contributed by atoms with Crippen LogP contribution in [0.15, 0.2) is 28.7 Å². The molecule has 15 heavy (non-hydrogen) atoms. The third-order valence-corrected chi connectivity index (χ3v) is 3.35. The fraction of sp³-hybridized carbons (Fsp3) is 0.538. The van der Waals surface area contributed by atoms with Crippen LogP contribution in [-0.2, 0) is 0 Å². The molecule has 2 atom stereocenters. The molecule has 1 nitrogen and oxygen atoms in total. The lowest BCUT2D eigenvalue weighted by Gasteiger charge is -2.20. The van der Waals surface area contributed by atoms with Crippen LogP contribution in [0.4, 0.5) is 0 Å². The molecule has 0 aromatic heterocycles. The van der Waals surface area contributed by atoms with Gasteiger partial charge in [0, 0.05) is 16.6 Å².